The molecule has 1 heterocycles. The number of hydrogen-bond donors (Lipinski definition) is 1. The SMILES string of the molecule is Cc1nc(CNC(=NCc2ccccc2)N(C)C)oc1C. The van der Waals surface area contributed by atoms with Gasteiger partial charge in [0.1, 0.15) is 5.76 Å². The molecule has 2 aromatic rings. The number of aliphatic imine (C=N–C) groups is 1. The molecule has 0 saturated heterocycles. The Hall–Kier alpha value is -2.30. The number of nitrogens with one attached hydrogen (secondary N) is 1. The van der Waals surface area contributed by atoms with E-state index >= 15 is 0 Å². The van der Waals surface area contributed by atoms with E-state index in [2.05, 4.69) is 27.4 Å². The van der Waals surface area contributed by atoms with Crippen LogP contribution in [0, 0.1) is 13.8 Å². The molecule has 0 spiro atoms. The second-order valence-corrected chi connectivity index (χ2v) is 5.12. The predicted molar refractivity (Wildman–Crippen MR) is 84.1 cm³/mol. The summed E-state index contributed by atoms with van der Waals surface area (Å²) in [7, 11) is 3.92. The van der Waals surface area contributed by atoms with E-state index in [0.29, 0.717) is 19.0 Å². The van der Waals surface area contributed by atoms with Crippen molar-refractivity contribution in [2.24, 2.45) is 4.99 Å². The van der Waals surface area contributed by atoms with Gasteiger partial charge in [0.15, 0.2) is 5.96 Å². The predicted octanol–water partition coefficient (Wildman–Crippen LogP) is 2.50. The van der Waals surface area contributed by atoms with Crippen molar-refractivity contribution in [2.75, 3.05) is 14.1 Å². The van der Waals surface area contributed by atoms with Gasteiger partial charge >= 0.3 is 0 Å². The highest BCUT2D eigenvalue weighted by Crippen LogP contribution is 2.08. The van der Waals surface area contributed by atoms with Crippen LogP contribution in [0.1, 0.15) is 22.9 Å². The third kappa shape index (κ3) is 4.34. The van der Waals surface area contributed by atoms with Crippen molar-refractivity contribution in [1.29, 1.82) is 0 Å². The number of nitrogens with zero attached hydrogens (tertiary/aromatic N) is 3. The van der Waals surface area contributed by atoms with Crippen LogP contribution in [-0.2, 0) is 13.1 Å². The van der Waals surface area contributed by atoms with Gasteiger partial charge in [0.25, 0.3) is 0 Å². The van der Waals surface area contributed by atoms with Gasteiger partial charge < -0.3 is 14.6 Å². The normalized spacial score (nSPS) is 11.5. The molecule has 1 N–H and O–H groups in total. The zero-order valence-electron chi connectivity index (χ0n) is 13.1. The lowest BCUT2D eigenvalue weighted by Gasteiger charge is -2.16. The molecule has 2 rings (SSSR count). The highest BCUT2D eigenvalue weighted by molar-refractivity contribution is 5.79. The standard InChI is InChI=1S/C16H22N4O/c1-12-13(2)21-15(19-12)11-18-16(20(3)4)17-10-14-8-6-5-7-9-14/h5-9H,10-11H2,1-4H3,(H,17,18). The molecule has 0 aliphatic rings. The molecule has 5 heteroatoms. The third-order valence-electron chi connectivity index (χ3n) is 3.15. The van der Waals surface area contributed by atoms with Gasteiger partial charge in [-0.1, -0.05) is 30.3 Å². The Morgan fingerprint density at radius 1 is 1.24 bits per heavy atom. The maximum Gasteiger partial charge on any atom is 0.214 e. The Morgan fingerprint density at radius 2 is 1.95 bits per heavy atom. The second-order valence-electron chi connectivity index (χ2n) is 5.12. The van der Waals surface area contributed by atoms with Gasteiger partial charge in [-0.3, -0.25) is 0 Å². The van der Waals surface area contributed by atoms with Crippen molar-refractivity contribution < 1.29 is 4.42 Å². The molecular formula is C16H22N4O. The Morgan fingerprint density at radius 3 is 2.52 bits per heavy atom. The van der Waals surface area contributed by atoms with Gasteiger partial charge in [0, 0.05) is 14.1 Å². The average molecular weight is 286 g/mol. The van der Waals surface area contributed by atoms with Crippen molar-refractivity contribution in [2.45, 2.75) is 26.9 Å². The zero-order valence-corrected chi connectivity index (χ0v) is 13.1. The maximum absolute atomic E-state index is 5.56. The minimum absolute atomic E-state index is 0.528. The van der Waals surface area contributed by atoms with Crippen molar-refractivity contribution in [1.82, 2.24) is 15.2 Å². The van der Waals surface area contributed by atoms with E-state index < -0.39 is 0 Å². The summed E-state index contributed by atoms with van der Waals surface area (Å²) in [6, 6.07) is 10.2. The molecule has 5 nitrogen and oxygen atoms in total. The number of guanidine groups is 1. The number of rotatable bonds is 4. The fourth-order valence-electron chi connectivity index (χ4n) is 1.87. The van der Waals surface area contributed by atoms with Crippen molar-refractivity contribution >= 4 is 5.96 Å². The van der Waals surface area contributed by atoms with E-state index in [1.54, 1.807) is 0 Å². The molecule has 0 fully saturated rings. The molecule has 0 saturated carbocycles. The summed E-state index contributed by atoms with van der Waals surface area (Å²) < 4.78 is 5.56. The van der Waals surface area contributed by atoms with E-state index in [4.69, 9.17) is 4.42 Å². The van der Waals surface area contributed by atoms with Crippen LogP contribution < -0.4 is 5.32 Å². The Labute approximate surface area is 125 Å². The summed E-state index contributed by atoms with van der Waals surface area (Å²) in [5.74, 6) is 2.35. The lowest BCUT2D eigenvalue weighted by atomic mass is 10.2. The van der Waals surface area contributed by atoms with Gasteiger partial charge in [-0.25, -0.2) is 9.98 Å². The summed E-state index contributed by atoms with van der Waals surface area (Å²) in [6.45, 7) is 5.03. The summed E-state index contributed by atoms with van der Waals surface area (Å²) in [5, 5.41) is 3.27. The monoisotopic (exact) mass is 286 g/mol. The van der Waals surface area contributed by atoms with Crippen molar-refractivity contribution in [3.63, 3.8) is 0 Å². The molecule has 0 aliphatic heterocycles. The Balaban J connectivity index is 1.98. The number of hydrogen-bond acceptors (Lipinski definition) is 3. The summed E-state index contributed by atoms with van der Waals surface area (Å²) >= 11 is 0. The molecule has 0 unspecified atom stereocenters. The highest BCUT2D eigenvalue weighted by Gasteiger charge is 2.07. The van der Waals surface area contributed by atoms with E-state index in [9.17, 15) is 0 Å². The minimum Gasteiger partial charge on any atom is -0.444 e. The lowest BCUT2D eigenvalue weighted by molar-refractivity contribution is 0.458. The zero-order chi connectivity index (χ0) is 15.2. The van der Waals surface area contributed by atoms with E-state index in [-0.39, 0.29) is 0 Å². The van der Waals surface area contributed by atoms with Crippen LogP contribution in [0.4, 0.5) is 0 Å². The molecule has 0 aliphatic carbocycles. The topological polar surface area (TPSA) is 53.7 Å². The van der Waals surface area contributed by atoms with Crippen LogP contribution >= 0.6 is 0 Å². The van der Waals surface area contributed by atoms with Gasteiger partial charge in [-0.15, -0.1) is 0 Å². The van der Waals surface area contributed by atoms with Gasteiger partial charge in [-0.05, 0) is 19.4 Å². The fourth-order valence-corrected chi connectivity index (χ4v) is 1.87. The molecule has 112 valence electrons. The van der Waals surface area contributed by atoms with Crippen LogP contribution in [0.15, 0.2) is 39.7 Å². The first kappa shape index (κ1) is 15.1. The molecule has 0 atom stereocenters. The Kier molecular flexibility index (Phi) is 4.98. The van der Waals surface area contributed by atoms with Gasteiger partial charge in [0.2, 0.25) is 5.89 Å². The number of benzene rings is 1. The first-order valence-corrected chi connectivity index (χ1v) is 6.98. The average Bonchev–Trinajstić information content (AvgIpc) is 2.78. The molecule has 1 aromatic carbocycles. The number of oxazole rings is 1. The van der Waals surface area contributed by atoms with Crippen LogP contribution in [-0.4, -0.2) is 29.9 Å². The molecule has 0 bridgehead atoms. The fraction of sp³-hybridized carbons (Fsp3) is 0.375. The number of aryl methyl sites for hydroxylation is 2. The molecule has 1 aromatic heterocycles. The van der Waals surface area contributed by atoms with Crippen molar-refractivity contribution in [3.05, 3.63) is 53.2 Å². The first-order valence-electron chi connectivity index (χ1n) is 6.98. The molecule has 0 radical (unpaired) electrons. The van der Waals surface area contributed by atoms with Crippen LogP contribution in [0.2, 0.25) is 0 Å². The summed E-state index contributed by atoms with van der Waals surface area (Å²) in [4.78, 5) is 10.9. The minimum atomic E-state index is 0.528. The summed E-state index contributed by atoms with van der Waals surface area (Å²) in [6.07, 6.45) is 0. The molecule has 0 amide bonds. The smallest absolute Gasteiger partial charge is 0.214 e. The third-order valence-corrected chi connectivity index (χ3v) is 3.15. The van der Waals surface area contributed by atoms with E-state index in [0.717, 1.165) is 17.4 Å². The van der Waals surface area contributed by atoms with Crippen molar-refractivity contribution in [3.8, 4) is 0 Å². The first-order chi connectivity index (χ1) is 10.1. The van der Waals surface area contributed by atoms with Gasteiger partial charge in [0.05, 0.1) is 18.8 Å². The summed E-state index contributed by atoms with van der Waals surface area (Å²) in [5.41, 5.74) is 2.11. The van der Waals surface area contributed by atoms with E-state index in [1.807, 2.05) is 51.0 Å². The lowest BCUT2D eigenvalue weighted by Crippen LogP contribution is -2.36. The molecule has 21 heavy (non-hydrogen) atoms. The van der Waals surface area contributed by atoms with Gasteiger partial charge in [-0.2, -0.15) is 0 Å². The second kappa shape index (κ2) is 6.92. The quantitative estimate of drug-likeness (QED) is 0.693. The maximum atomic E-state index is 5.56. The van der Waals surface area contributed by atoms with Crippen LogP contribution in [0.25, 0.3) is 0 Å². The highest BCUT2D eigenvalue weighted by atomic mass is 16.4. The van der Waals surface area contributed by atoms with Crippen LogP contribution in [0.3, 0.4) is 0 Å². The largest absolute Gasteiger partial charge is 0.444 e. The Bertz CT molecular complexity index is 582. The van der Waals surface area contributed by atoms with E-state index in [1.165, 1.54) is 5.56 Å². The molecular weight excluding hydrogens is 264 g/mol. The van der Waals surface area contributed by atoms with Crippen LogP contribution in [0.5, 0.6) is 0 Å². The number of aromatic nitrogens is 1.